The van der Waals surface area contributed by atoms with E-state index in [0.29, 0.717) is 12.8 Å². The summed E-state index contributed by atoms with van der Waals surface area (Å²) < 4.78 is 50.7. The molecule has 1 aromatic carbocycles. The Morgan fingerprint density at radius 2 is 1.96 bits per heavy atom. The molecule has 7 heteroatoms. The van der Waals surface area contributed by atoms with Gasteiger partial charge in [0.05, 0.1) is 17.0 Å². The Balaban J connectivity index is 1.89. The van der Waals surface area contributed by atoms with Gasteiger partial charge in [0.2, 0.25) is 5.91 Å². The average Bonchev–Trinajstić information content (AvgIpc) is 3.00. The van der Waals surface area contributed by atoms with E-state index >= 15 is 0 Å². The van der Waals surface area contributed by atoms with Gasteiger partial charge in [-0.25, -0.2) is 17.2 Å². The number of halogens is 2. The van der Waals surface area contributed by atoms with Crippen LogP contribution >= 0.6 is 0 Å². The molecule has 0 heterocycles. The molecule has 23 heavy (non-hydrogen) atoms. The van der Waals surface area contributed by atoms with Crippen LogP contribution in [0.2, 0.25) is 0 Å². The van der Waals surface area contributed by atoms with E-state index in [4.69, 9.17) is 0 Å². The van der Waals surface area contributed by atoms with Crippen LogP contribution in [-0.4, -0.2) is 25.3 Å². The van der Waals surface area contributed by atoms with Gasteiger partial charge in [-0.2, -0.15) is 0 Å². The minimum atomic E-state index is -3.25. The van der Waals surface area contributed by atoms with Crippen LogP contribution in [0.25, 0.3) is 0 Å². The van der Waals surface area contributed by atoms with Crippen molar-refractivity contribution < 1.29 is 22.0 Å². The molecule has 1 aliphatic carbocycles. The Morgan fingerprint density at radius 1 is 1.30 bits per heavy atom. The number of sulfone groups is 1. The first kappa shape index (κ1) is 17.8. The largest absolute Gasteiger partial charge is 0.349 e. The van der Waals surface area contributed by atoms with E-state index < -0.39 is 33.4 Å². The van der Waals surface area contributed by atoms with Crippen LogP contribution < -0.4 is 5.32 Å². The molecule has 4 nitrogen and oxygen atoms in total. The van der Waals surface area contributed by atoms with Crippen molar-refractivity contribution in [1.29, 1.82) is 0 Å². The van der Waals surface area contributed by atoms with Gasteiger partial charge in [0.25, 0.3) is 0 Å². The minimum absolute atomic E-state index is 0.147. The molecule has 0 aromatic heterocycles. The van der Waals surface area contributed by atoms with Crippen molar-refractivity contribution in [3.63, 3.8) is 0 Å². The van der Waals surface area contributed by atoms with Gasteiger partial charge in [-0.05, 0) is 25.8 Å². The summed E-state index contributed by atoms with van der Waals surface area (Å²) in [6.07, 6.45) is 3.02. The zero-order valence-electron chi connectivity index (χ0n) is 13.0. The van der Waals surface area contributed by atoms with Crippen molar-refractivity contribution >= 4 is 15.7 Å². The summed E-state index contributed by atoms with van der Waals surface area (Å²) in [5.74, 6) is -2.08. The molecule has 1 unspecified atom stereocenters. The van der Waals surface area contributed by atoms with Crippen molar-refractivity contribution in [1.82, 2.24) is 5.32 Å². The van der Waals surface area contributed by atoms with Crippen LogP contribution in [0.15, 0.2) is 18.2 Å². The number of amides is 1. The van der Waals surface area contributed by atoms with E-state index in [-0.39, 0.29) is 23.0 Å². The quantitative estimate of drug-likeness (QED) is 0.862. The molecule has 2 rings (SSSR count). The molecule has 128 valence electrons. The third kappa shape index (κ3) is 4.73. The number of nitrogens with one attached hydrogen (secondary N) is 1. The SMILES string of the molecule is CC(NC(=O)CCS(=O)(=O)C1CCCC1)c1ccc(F)cc1F. The Hall–Kier alpha value is -1.50. The summed E-state index contributed by atoms with van der Waals surface area (Å²) in [5, 5.41) is 2.22. The lowest BCUT2D eigenvalue weighted by Gasteiger charge is -2.16. The van der Waals surface area contributed by atoms with Crippen LogP contribution in [-0.2, 0) is 14.6 Å². The first-order chi connectivity index (χ1) is 10.8. The maximum atomic E-state index is 13.6. The standard InChI is InChI=1S/C16H21F2NO3S/c1-11(14-7-6-12(17)10-15(14)18)19-16(20)8-9-23(21,22)13-4-2-3-5-13/h6-7,10-11,13H,2-5,8-9H2,1H3,(H,19,20). The zero-order valence-corrected chi connectivity index (χ0v) is 13.8. The minimum Gasteiger partial charge on any atom is -0.349 e. The van der Waals surface area contributed by atoms with E-state index in [2.05, 4.69) is 5.32 Å². The summed E-state index contributed by atoms with van der Waals surface area (Å²) >= 11 is 0. The summed E-state index contributed by atoms with van der Waals surface area (Å²) in [4.78, 5) is 11.9. The van der Waals surface area contributed by atoms with Crippen molar-refractivity contribution in [2.75, 3.05) is 5.75 Å². The monoisotopic (exact) mass is 345 g/mol. The second kappa shape index (κ2) is 7.38. The second-order valence-electron chi connectivity index (χ2n) is 5.98. The van der Waals surface area contributed by atoms with Gasteiger partial charge in [0, 0.05) is 18.1 Å². The molecule has 0 radical (unpaired) electrons. The highest BCUT2D eigenvalue weighted by atomic mass is 32.2. The lowest BCUT2D eigenvalue weighted by atomic mass is 10.1. The summed E-state index contributed by atoms with van der Waals surface area (Å²) in [6.45, 7) is 1.57. The number of benzene rings is 1. The topological polar surface area (TPSA) is 63.2 Å². The highest BCUT2D eigenvalue weighted by Crippen LogP contribution is 2.25. The van der Waals surface area contributed by atoms with Crippen molar-refractivity contribution in [2.45, 2.75) is 50.3 Å². The Kier molecular flexibility index (Phi) is 5.73. The fraction of sp³-hybridized carbons (Fsp3) is 0.562. The van der Waals surface area contributed by atoms with E-state index in [0.717, 1.165) is 25.0 Å². The average molecular weight is 345 g/mol. The fourth-order valence-electron chi connectivity index (χ4n) is 2.89. The zero-order chi connectivity index (χ0) is 17.0. The molecule has 0 bridgehead atoms. The highest BCUT2D eigenvalue weighted by molar-refractivity contribution is 7.92. The number of rotatable bonds is 6. The van der Waals surface area contributed by atoms with Crippen LogP contribution in [0.3, 0.4) is 0 Å². The fourth-order valence-corrected chi connectivity index (χ4v) is 4.75. The van der Waals surface area contributed by atoms with Crippen LogP contribution in [0, 0.1) is 11.6 Å². The van der Waals surface area contributed by atoms with E-state index in [9.17, 15) is 22.0 Å². The number of hydrogen-bond donors (Lipinski definition) is 1. The normalized spacial score (nSPS) is 17.2. The Labute approximate surface area is 135 Å². The molecule has 1 aromatic rings. The van der Waals surface area contributed by atoms with Crippen LogP contribution in [0.4, 0.5) is 8.78 Å². The van der Waals surface area contributed by atoms with Crippen molar-refractivity contribution in [3.8, 4) is 0 Å². The summed E-state index contributed by atoms with van der Waals surface area (Å²) in [6, 6.07) is 2.48. The maximum absolute atomic E-state index is 13.6. The van der Waals surface area contributed by atoms with Gasteiger partial charge in [-0.15, -0.1) is 0 Å². The lowest BCUT2D eigenvalue weighted by molar-refractivity contribution is -0.121. The molecular weight excluding hydrogens is 324 g/mol. The molecule has 1 atom stereocenters. The molecule has 1 aliphatic rings. The molecule has 0 saturated heterocycles. The second-order valence-corrected chi connectivity index (χ2v) is 8.38. The summed E-state index contributed by atoms with van der Waals surface area (Å²) in [7, 11) is -3.25. The first-order valence-electron chi connectivity index (χ1n) is 7.75. The molecule has 1 fully saturated rings. The van der Waals surface area contributed by atoms with Crippen LogP contribution in [0.5, 0.6) is 0 Å². The van der Waals surface area contributed by atoms with Gasteiger partial charge in [-0.3, -0.25) is 4.79 Å². The van der Waals surface area contributed by atoms with E-state index in [1.807, 2.05) is 0 Å². The number of carbonyl (C=O) groups excluding carboxylic acids is 1. The van der Waals surface area contributed by atoms with Gasteiger partial charge in [0.15, 0.2) is 9.84 Å². The van der Waals surface area contributed by atoms with Crippen LogP contribution in [0.1, 0.15) is 50.6 Å². The van der Waals surface area contributed by atoms with Gasteiger partial charge in [0.1, 0.15) is 11.6 Å². The maximum Gasteiger partial charge on any atom is 0.221 e. The predicted molar refractivity (Wildman–Crippen MR) is 83.6 cm³/mol. The number of hydrogen-bond acceptors (Lipinski definition) is 3. The van der Waals surface area contributed by atoms with Crippen molar-refractivity contribution in [3.05, 3.63) is 35.4 Å². The number of carbonyl (C=O) groups is 1. The van der Waals surface area contributed by atoms with E-state index in [1.54, 1.807) is 6.92 Å². The molecule has 1 saturated carbocycles. The molecule has 1 N–H and O–H groups in total. The Morgan fingerprint density at radius 3 is 2.57 bits per heavy atom. The highest BCUT2D eigenvalue weighted by Gasteiger charge is 2.29. The predicted octanol–water partition coefficient (Wildman–Crippen LogP) is 2.89. The molecule has 0 aliphatic heterocycles. The Bertz CT molecular complexity index is 670. The lowest BCUT2D eigenvalue weighted by Crippen LogP contribution is -2.30. The smallest absolute Gasteiger partial charge is 0.221 e. The summed E-state index contributed by atoms with van der Waals surface area (Å²) in [5.41, 5.74) is 0.165. The first-order valence-corrected chi connectivity index (χ1v) is 9.47. The molecule has 1 amide bonds. The third-order valence-electron chi connectivity index (χ3n) is 4.23. The molecular formula is C16H21F2NO3S. The van der Waals surface area contributed by atoms with Gasteiger partial charge < -0.3 is 5.32 Å². The van der Waals surface area contributed by atoms with E-state index in [1.165, 1.54) is 6.07 Å². The third-order valence-corrected chi connectivity index (χ3v) is 6.49. The molecule has 0 spiro atoms. The van der Waals surface area contributed by atoms with Gasteiger partial charge >= 0.3 is 0 Å². The van der Waals surface area contributed by atoms with Crippen molar-refractivity contribution in [2.24, 2.45) is 0 Å². The van der Waals surface area contributed by atoms with Gasteiger partial charge in [-0.1, -0.05) is 18.9 Å².